The molecule has 9 heteroatoms. The summed E-state index contributed by atoms with van der Waals surface area (Å²) in [6.45, 7) is 0.108. The van der Waals surface area contributed by atoms with Crippen LogP contribution in [-0.2, 0) is 6.61 Å². The minimum Gasteiger partial charge on any atom is -0.508 e. The number of phenols is 2. The molecule has 0 aliphatic heterocycles. The SMILES string of the molecule is O=C(N/N=C/c1cc(Br)ccc1OCc1ccc(F)cc1Cl)c1cc(O)cc(O)c1. The molecule has 0 radical (unpaired) electrons. The number of hydrogen-bond acceptors (Lipinski definition) is 5. The number of halogens is 3. The highest BCUT2D eigenvalue weighted by Gasteiger charge is 2.09. The van der Waals surface area contributed by atoms with Crippen LogP contribution < -0.4 is 10.2 Å². The Kier molecular flexibility index (Phi) is 6.91. The summed E-state index contributed by atoms with van der Waals surface area (Å²) >= 11 is 9.39. The van der Waals surface area contributed by atoms with E-state index in [1.165, 1.54) is 36.5 Å². The second-order valence-electron chi connectivity index (χ2n) is 6.14. The molecule has 0 fully saturated rings. The molecule has 0 spiro atoms. The van der Waals surface area contributed by atoms with E-state index in [9.17, 15) is 19.4 Å². The number of nitrogens with zero attached hydrogens (tertiary/aromatic N) is 1. The maximum Gasteiger partial charge on any atom is 0.271 e. The van der Waals surface area contributed by atoms with Crippen LogP contribution in [0.3, 0.4) is 0 Å². The first kappa shape index (κ1) is 21.6. The molecule has 0 saturated carbocycles. The van der Waals surface area contributed by atoms with Crippen molar-refractivity contribution in [2.24, 2.45) is 5.10 Å². The second kappa shape index (κ2) is 9.60. The molecule has 0 aromatic heterocycles. The third-order valence-corrected chi connectivity index (χ3v) is 4.75. The fraction of sp³-hybridized carbons (Fsp3) is 0.0476. The van der Waals surface area contributed by atoms with Gasteiger partial charge in [-0.1, -0.05) is 33.6 Å². The van der Waals surface area contributed by atoms with Gasteiger partial charge < -0.3 is 14.9 Å². The van der Waals surface area contributed by atoms with E-state index in [1.54, 1.807) is 18.2 Å². The largest absolute Gasteiger partial charge is 0.508 e. The van der Waals surface area contributed by atoms with Crippen molar-refractivity contribution in [1.29, 1.82) is 0 Å². The van der Waals surface area contributed by atoms with Crippen molar-refractivity contribution in [3.05, 3.63) is 86.6 Å². The number of benzene rings is 3. The summed E-state index contributed by atoms with van der Waals surface area (Å²) in [5.41, 5.74) is 3.52. The zero-order valence-electron chi connectivity index (χ0n) is 15.3. The van der Waals surface area contributed by atoms with Crippen molar-refractivity contribution >= 4 is 39.7 Å². The summed E-state index contributed by atoms with van der Waals surface area (Å²) in [6, 6.07) is 12.8. The van der Waals surface area contributed by atoms with Gasteiger partial charge in [-0.2, -0.15) is 5.10 Å². The number of hydrazone groups is 1. The molecule has 0 aliphatic carbocycles. The fourth-order valence-corrected chi connectivity index (χ4v) is 3.10. The lowest BCUT2D eigenvalue weighted by molar-refractivity contribution is 0.0954. The predicted octanol–water partition coefficient (Wildman–Crippen LogP) is 5.00. The maximum atomic E-state index is 13.2. The molecular weight excluding hydrogens is 479 g/mol. The maximum absolute atomic E-state index is 13.2. The van der Waals surface area contributed by atoms with E-state index in [0.717, 1.165) is 10.5 Å². The van der Waals surface area contributed by atoms with Gasteiger partial charge in [-0.05, 0) is 42.5 Å². The van der Waals surface area contributed by atoms with Gasteiger partial charge in [-0.3, -0.25) is 4.79 Å². The van der Waals surface area contributed by atoms with Gasteiger partial charge in [0, 0.05) is 27.2 Å². The van der Waals surface area contributed by atoms with Crippen LogP contribution in [0.5, 0.6) is 17.2 Å². The number of amides is 1. The zero-order valence-corrected chi connectivity index (χ0v) is 17.6. The molecule has 6 nitrogen and oxygen atoms in total. The Labute approximate surface area is 184 Å². The van der Waals surface area contributed by atoms with Gasteiger partial charge in [-0.15, -0.1) is 0 Å². The summed E-state index contributed by atoms with van der Waals surface area (Å²) in [7, 11) is 0. The highest BCUT2D eigenvalue weighted by molar-refractivity contribution is 9.10. The number of nitrogens with one attached hydrogen (secondary N) is 1. The number of rotatable bonds is 6. The van der Waals surface area contributed by atoms with Crippen molar-refractivity contribution < 1.29 is 24.1 Å². The first-order valence-corrected chi connectivity index (χ1v) is 9.71. The van der Waals surface area contributed by atoms with Crippen LogP contribution in [0.4, 0.5) is 4.39 Å². The summed E-state index contributed by atoms with van der Waals surface area (Å²) in [6.07, 6.45) is 1.38. The van der Waals surface area contributed by atoms with E-state index in [2.05, 4.69) is 26.5 Å². The van der Waals surface area contributed by atoms with E-state index in [0.29, 0.717) is 16.9 Å². The Bertz CT molecular complexity index is 1100. The van der Waals surface area contributed by atoms with E-state index < -0.39 is 11.7 Å². The molecule has 30 heavy (non-hydrogen) atoms. The third-order valence-electron chi connectivity index (χ3n) is 3.90. The smallest absolute Gasteiger partial charge is 0.271 e. The van der Waals surface area contributed by atoms with Gasteiger partial charge in [-0.25, -0.2) is 9.82 Å². The third kappa shape index (κ3) is 5.71. The Morgan fingerprint density at radius 3 is 2.57 bits per heavy atom. The van der Waals surface area contributed by atoms with Crippen molar-refractivity contribution in [2.45, 2.75) is 6.61 Å². The number of carbonyl (C=O) groups is 1. The van der Waals surface area contributed by atoms with Crippen molar-refractivity contribution in [2.75, 3.05) is 0 Å². The van der Waals surface area contributed by atoms with Crippen LogP contribution >= 0.6 is 27.5 Å². The van der Waals surface area contributed by atoms with E-state index in [-0.39, 0.29) is 28.7 Å². The average molecular weight is 494 g/mol. The highest BCUT2D eigenvalue weighted by atomic mass is 79.9. The van der Waals surface area contributed by atoms with Crippen LogP contribution in [0.2, 0.25) is 5.02 Å². The van der Waals surface area contributed by atoms with Crippen LogP contribution in [0.25, 0.3) is 0 Å². The van der Waals surface area contributed by atoms with Crippen LogP contribution in [0.1, 0.15) is 21.5 Å². The molecule has 154 valence electrons. The van der Waals surface area contributed by atoms with Gasteiger partial charge in [0.2, 0.25) is 0 Å². The molecule has 0 aliphatic rings. The molecule has 0 saturated heterocycles. The standard InChI is InChI=1S/C21H15BrClFN2O4/c22-15-2-4-20(30-11-12-1-3-16(24)8-19(12)23)14(5-15)10-25-26-21(29)13-6-17(27)9-18(28)7-13/h1-10,27-28H,11H2,(H,26,29)/b25-10+. The monoisotopic (exact) mass is 492 g/mol. The van der Waals surface area contributed by atoms with Crippen LogP contribution in [0, 0.1) is 5.82 Å². The number of aromatic hydroxyl groups is 2. The lowest BCUT2D eigenvalue weighted by Crippen LogP contribution is -2.17. The minimum absolute atomic E-state index is 0.0429. The van der Waals surface area contributed by atoms with Crippen LogP contribution in [0.15, 0.2) is 64.2 Å². The minimum atomic E-state index is -0.618. The summed E-state index contributed by atoms with van der Waals surface area (Å²) in [5.74, 6) is -1.08. The number of carbonyl (C=O) groups excluding carboxylic acids is 1. The van der Waals surface area contributed by atoms with Crippen molar-refractivity contribution in [1.82, 2.24) is 5.43 Å². The Hall–Kier alpha value is -3.10. The molecule has 3 aromatic carbocycles. The van der Waals surface area contributed by atoms with Gasteiger partial charge >= 0.3 is 0 Å². The Morgan fingerprint density at radius 2 is 1.87 bits per heavy atom. The van der Waals surface area contributed by atoms with Crippen molar-refractivity contribution in [3.8, 4) is 17.2 Å². The molecule has 0 bridgehead atoms. The Morgan fingerprint density at radius 1 is 1.13 bits per heavy atom. The molecule has 0 heterocycles. The van der Waals surface area contributed by atoms with Gasteiger partial charge in [0.15, 0.2) is 0 Å². The van der Waals surface area contributed by atoms with Gasteiger partial charge in [0.1, 0.15) is 29.7 Å². The van der Waals surface area contributed by atoms with Gasteiger partial charge in [0.05, 0.1) is 11.2 Å². The Balaban J connectivity index is 1.72. The quantitative estimate of drug-likeness (QED) is 0.333. The first-order valence-electron chi connectivity index (χ1n) is 8.54. The number of ether oxygens (including phenoxy) is 1. The van der Waals surface area contributed by atoms with E-state index in [4.69, 9.17) is 16.3 Å². The zero-order chi connectivity index (χ0) is 21.7. The van der Waals surface area contributed by atoms with E-state index >= 15 is 0 Å². The second-order valence-corrected chi connectivity index (χ2v) is 7.47. The topological polar surface area (TPSA) is 91.2 Å². The van der Waals surface area contributed by atoms with E-state index in [1.807, 2.05) is 0 Å². The molecule has 3 N–H and O–H groups in total. The molecule has 3 rings (SSSR count). The first-order chi connectivity index (χ1) is 14.3. The molecule has 1 amide bonds. The number of phenolic OH excluding ortho intramolecular Hbond substituents is 2. The normalized spacial score (nSPS) is 10.9. The molecular formula is C21H15BrClFN2O4. The average Bonchev–Trinajstić information content (AvgIpc) is 2.67. The lowest BCUT2D eigenvalue weighted by atomic mass is 10.2. The van der Waals surface area contributed by atoms with Crippen molar-refractivity contribution in [3.63, 3.8) is 0 Å². The number of hydrogen-bond donors (Lipinski definition) is 3. The van der Waals surface area contributed by atoms with Crippen LogP contribution in [-0.4, -0.2) is 22.3 Å². The highest BCUT2D eigenvalue weighted by Crippen LogP contribution is 2.25. The lowest BCUT2D eigenvalue weighted by Gasteiger charge is -2.11. The fourth-order valence-electron chi connectivity index (χ4n) is 2.50. The molecule has 0 atom stereocenters. The summed E-state index contributed by atoms with van der Waals surface area (Å²) < 4.78 is 19.7. The summed E-state index contributed by atoms with van der Waals surface area (Å²) in [4.78, 5) is 12.1. The predicted molar refractivity (Wildman–Crippen MR) is 115 cm³/mol. The molecule has 3 aromatic rings. The van der Waals surface area contributed by atoms with Gasteiger partial charge in [0.25, 0.3) is 5.91 Å². The molecule has 0 unspecified atom stereocenters. The summed E-state index contributed by atoms with van der Waals surface area (Å²) in [5, 5.41) is 23.1.